The Bertz CT molecular complexity index is 690. The number of urea groups is 1. The van der Waals surface area contributed by atoms with Crippen molar-refractivity contribution in [3.8, 4) is 0 Å². The Labute approximate surface area is 144 Å². The summed E-state index contributed by atoms with van der Waals surface area (Å²) in [6, 6.07) is 2.24. The number of esters is 2. The largest absolute Gasteiger partial charge is 0.463 e. The molecule has 1 fully saturated rings. The number of furan rings is 1. The van der Waals surface area contributed by atoms with Crippen LogP contribution in [0.4, 0.5) is 4.79 Å². The van der Waals surface area contributed by atoms with E-state index in [2.05, 4.69) is 10.1 Å². The first kappa shape index (κ1) is 18.5. The molecule has 2 rings (SSSR count). The van der Waals surface area contributed by atoms with E-state index in [1.807, 2.05) is 0 Å². The van der Waals surface area contributed by atoms with Crippen LogP contribution in [0.2, 0.25) is 0 Å². The zero-order valence-electron chi connectivity index (χ0n) is 14.3. The standard InChI is InChI=1S/C16H20N2O7/c1-4-16(5-2)14(21)18(15(22)17-16)8-12(19)24-9-10-6-7-11(25-10)13(20)23-3/h6-7H,4-5,8-9H2,1-3H3,(H,17,22). The number of imide groups is 1. The van der Waals surface area contributed by atoms with Crippen molar-refractivity contribution in [2.75, 3.05) is 13.7 Å². The minimum atomic E-state index is -0.964. The number of methoxy groups -OCH3 is 1. The zero-order chi connectivity index (χ0) is 18.6. The van der Waals surface area contributed by atoms with Crippen molar-refractivity contribution >= 4 is 23.9 Å². The molecule has 1 N–H and O–H groups in total. The molecule has 1 aromatic rings. The van der Waals surface area contributed by atoms with Crippen molar-refractivity contribution in [3.63, 3.8) is 0 Å². The van der Waals surface area contributed by atoms with E-state index in [1.54, 1.807) is 13.8 Å². The van der Waals surface area contributed by atoms with Crippen LogP contribution < -0.4 is 5.32 Å². The lowest BCUT2D eigenvalue weighted by molar-refractivity contribution is -0.149. The quantitative estimate of drug-likeness (QED) is 0.579. The van der Waals surface area contributed by atoms with E-state index in [9.17, 15) is 19.2 Å². The monoisotopic (exact) mass is 352 g/mol. The van der Waals surface area contributed by atoms with Crippen LogP contribution in [0, 0.1) is 0 Å². The second-order valence-corrected chi connectivity index (χ2v) is 5.53. The smallest absolute Gasteiger partial charge is 0.373 e. The first-order chi connectivity index (χ1) is 11.9. The summed E-state index contributed by atoms with van der Waals surface area (Å²) in [5.41, 5.74) is -0.964. The fraction of sp³-hybridized carbons (Fsp3) is 0.500. The van der Waals surface area contributed by atoms with E-state index in [4.69, 9.17) is 9.15 Å². The molecular formula is C16H20N2O7. The average molecular weight is 352 g/mol. The van der Waals surface area contributed by atoms with Gasteiger partial charge in [0, 0.05) is 0 Å². The molecule has 1 aliphatic heterocycles. The van der Waals surface area contributed by atoms with Gasteiger partial charge in [0.15, 0.2) is 0 Å². The Morgan fingerprint density at radius 1 is 1.24 bits per heavy atom. The van der Waals surface area contributed by atoms with Crippen LogP contribution in [0.15, 0.2) is 16.5 Å². The van der Waals surface area contributed by atoms with Gasteiger partial charge in [-0.05, 0) is 25.0 Å². The lowest BCUT2D eigenvalue weighted by Gasteiger charge is -2.22. The molecule has 0 radical (unpaired) electrons. The fourth-order valence-corrected chi connectivity index (χ4v) is 2.54. The summed E-state index contributed by atoms with van der Waals surface area (Å²) in [4.78, 5) is 48.4. The molecule has 25 heavy (non-hydrogen) atoms. The summed E-state index contributed by atoms with van der Waals surface area (Å²) >= 11 is 0. The highest BCUT2D eigenvalue weighted by Crippen LogP contribution is 2.24. The Morgan fingerprint density at radius 3 is 2.48 bits per heavy atom. The van der Waals surface area contributed by atoms with E-state index in [0.717, 1.165) is 4.90 Å². The average Bonchev–Trinajstić information content (AvgIpc) is 3.18. The van der Waals surface area contributed by atoms with Crippen molar-refractivity contribution in [1.29, 1.82) is 0 Å². The molecule has 1 saturated heterocycles. The van der Waals surface area contributed by atoms with Gasteiger partial charge in [0.1, 0.15) is 24.5 Å². The Hall–Kier alpha value is -2.84. The number of carbonyl (C=O) groups is 4. The lowest BCUT2D eigenvalue weighted by atomic mass is 9.93. The van der Waals surface area contributed by atoms with Gasteiger partial charge in [0.2, 0.25) is 5.76 Å². The third-order valence-electron chi connectivity index (χ3n) is 4.16. The highest BCUT2D eigenvalue weighted by atomic mass is 16.6. The van der Waals surface area contributed by atoms with Gasteiger partial charge >= 0.3 is 18.0 Å². The van der Waals surface area contributed by atoms with Crippen molar-refractivity contribution in [3.05, 3.63) is 23.7 Å². The van der Waals surface area contributed by atoms with Crippen molar-refractivity contribution < 1.29 is 33.1 Å². The molecule has 2 heterocycles. The third kappa shape index (κ3) is 3.65. The number of carbonyl (C=O) groups excluding carboxylic acids is 4. The second-order valence-electron chi connectivity index (χ2n) is 5.53. The van der Waals surface area contributed by atoms with Crippen molar-refractivity contribution in [2.45, 2.75) is 38.8 Å². The normalized spacial score (nSPS) is 15.9. The number of hydrogen-bond donors (Lipinski definition) is 1. The summed E-state index contributed by atoms with van der Waals surface area (Å²) in [5.74, 6) is -1.62. The molecule has 1 aromatic heterocycles. The summed E-state index contributed by atoms with van der Waals surface area (Å²) in [7, 11) is 1.22. The van der Waals surface area contributed by atoms with Gasteiger partial charge in [0.25, 0.3) is 5.91 Å². The minimum absolute atomic E-state index is 0.0154. The summed E-state index contributed by atoms with van der Waals surface area (Å²) in [6.07, 6.45) is 0.866. The summed E-state index contributed by atoms with van der Waals surface area (Å²) in [6.45, 7) is 2.86. The number of amides is 3. The zero-order valence-corrected chi connectivity index (χ0v) is 14.3. The van der Waals surface area contributed by atoms with E-state index in [1.165, 1.54) is 19.2 Å². The third-order valence-corrected chi connectivity index (χ3v) is 4.16. The second kappa shape index (κ2) is 7.37. The number of rotatable bonds is 7. The highest BCUT2D eigenvalue weighted by molar-refractivity contribution is 6.08. The predicted octanol–water partition coefficient (Wildman–Crippen LogP) is 1.22. The van der Waals surface area contributed by atoms with Gasteiger partial charge in [-0.15, -0.1) is 0 Å². The maximum atomic E-state index is 12.4. The predicted molar refractivity (Wildman–Crippen MR) is 83.4 cm³/mol. The summed E-state index contributed by atoms with van der Waals surface area (Å²) in [5, 5.41) is 2.63. The van der Waals surface area contributed by atoms with Crippen LogP contribution in [0.3, 0.4) is 0 Å². The molecule has 3 amide bonds. The lowest BCUT2D eigenvalue weighted by Crippen LogP contribution is -2.46. The molecule has 1 aliphatic rings. The number of hydrogen-bond acceptors (Lipinski definition) is 7. The summed E-state index contributed by atoms with van der Waals surface area (Å²) < 4.78 is 14.6. The Morgan fingerprint density at radius 2 is 1.92 bits per heavy atom. The first-order valence-electron chi connectivity index (χ1n) is 7.83. The SMILES string of the molecule is CCC1(CC)NC(=O)N(CC(=O)OCc2ccc(C(=O)OC)o2)C1=O. The molecule has 0 saturated carbocycles. The van der Waals surface area contributed by atoms with Gasteiger partial charge in [-0.3, -0.25) is 14.5 Å². The van der Waals surface area contributed by atoms with Crippen molar-refractivity contribution in [1.82, 2.24) is 10.2 Å². The van der Waals surface area contributed by atoms with Crippen LogP contribution in [0.25, 0.3) is 0 Å². The Balaban J connectivity index is 1.92. The van der Waals surface area contributed by atoms with Gasteiger partial charge in [-0.25, -0.2) is 9.59 Å². The fourth-order valence-electron chi connectivity index (χ4n) is 2.54. The minimum Gasteiger partial charge on any atom is -0.463 e. The molecule has 9 nitrogen and oxygen atoms in total. The van der Waals surface area contributed by atoms with Crippen LogP contribution >= 0.6 is 0 Å². The van der Waals surface area contributed by atoms with E-state index in [0.29, 0.717) is 12.8 Å². The van der Waals surface area contributed by atoms with Crippen molar-refractivity contribution in [2.24, 2.45) is 0 Å². The molecule has 0 atom stereocenters. The van der Waals surface area contributed by atoms with Crippen LogP contribution in [0.5, 0.6) is 0 Å². The number of nitrogens with zero attached hydrogens (tertiary/aromatic N) is 1. The Kier molecular flexibility index (Phi) is 5.45. The van der Waals surface area contributed by atoms with Crippen LogP contribution in [-0.2, 0) is 25.7 Å². The highest BCUT2D eigenvalue weighted by Gasteiger charge is 2.49. The maximum Gasteiger partial charge on any atom is 0.373 e. The molecular weight excluding hydrogens is 332 g/mol. The van der Waals surface area contributed by atoms with Gasteiger partial charge < -0.3 is 19.2 Å². The van der Waals surface area contributed by atoms with Crippen LogP contribution in [0.1, 0.15) is 43.0 Å². The molecule has 136 valence electrons. The number of ether oxygens (including phenoxy) is 2. The van der Waals surface area contributed by atoms with E-state index < -0.39 is 36.0 Å². The maximum absolute atomic E-state index is 12.4. The van der Waals surface area contributed by atoms with Crippen LogP contribution in [-0.4, -0.2) is 48.0 Å². The molecule has 0 spiro atoms. The molecule has 0 aromatic carbocycles. The van der Waals surface area contributed by atoms with Gasteiger partial charge in [-0.1, -0.05) is 13.8 Å². The first-order valence-corrected chi connectivity index (χ1v) is 7.83. The van der Waals surface area contributed by atoms with Gasteiger partial charge in [0.05, 0.1) is 7.11 Å². The molecule has 0 aliphatic carbocycles. The van der Waals surface area contributed by atoms with Gasteiger partial charge in [-0.2, -0.15) is 0 Å². The molecule has 0 bridgehead atoms. The molecule has 0 unspecified atom stereocenters. The van der Waals surface area contributed by atoms with E-state index >= 15 is 0 Å². The number of nitrogens with one attached hydrogen (secondary N) is 1. The van der Waals surface area contributed by atoms with E-state index in [-0.39, 0.29) is 18.1 Å². The topological polar surface area (TPSA) is 115 Å². The molecule has 9 heteroatoms.